The quantitative estimate of drug-likeness (QED) is 0.778. The average molecular weight is 263 g/mol. The smallest absolute Gasteiger partial charge is 0.169 e. The second-order valence-electron chi connectivity index (χ2n) is 3.65. The lowest BCUT2D eigenvalue weighted by molar-refractivity contribution is 0.111. The molecule has 0 N–H and O–H groups in total. The monoisotopic (exact) mass is 263 g/mol. The summed E-state index contributed by atoms with van der Waals surface area (Å²) >= 11 is 1.48. The van der Waals surface area contributed by atoms with Crippen molar-refractivity contribution in [1.29, 1.82) is 0 Å². The lowest BCUT2D eigenvalue weighted by atomic mass is 10.1. The van der Waals surface area contributed by atoms with Crippen molar-refractivity contribution < 1.29 is 14.3 Å². The number of ether oxygens (including phenoxy) is 2. The molecule has 0 spiro atoms. The number of carbonyl (C=O) groups excluding carboxylic acids is 1. The SMILES string of the molecule is COc1ccc(Cc2nc(C=O)cs2)cc1OC. The summed E-state index contributed by atoms with van der Waals surface area (Å²) in [7, 11) is 3.21. The van der Waals surface area contributed by atoms with Gasteiger partial charge in [0.2, 0.25) is 0 Å². The molecule has 5 heteroatoms. The summed E-state index contributed by atoms with van der Waals surface area (Å²) in [5.74, 6) is 1.40. The minimum absolute atomic E-state index is 0.482. The predicted molar refractivity (Wildman–Crippen MR) is 69.9 cm³/mol. The standard InChI is InChI=1S/C13H13NO3S/c1-16-11-4-3-9(5-12(11)17-2)6-13-14-10(7-15)8-18-13/h3-5,7-8H,6H2,1-2H3. The van der Waals surface area contributed by atoms with E-state index in [1.165, 1.54) is 11.3 Å². The lowest BCUT2D eigenvalue weighted by Crippen LogP contribution is -1.93. The van der Waals surface area contributed by atoms with E-state index >= 15 is 0 Å². The van der Waals surface area contributed by atoms with Crippen LogP contribution in [0.5, 0.6) is 11.5 Å². The van der Waals surface area contributed by atoms with Gasteiger partial charge in [-0.25, -0.2) is 4.98 Å². The summed E-state index contributed by atoms with van der Waals surface area (Å²) in [4.78, 5) is 14.8. The van der Waals surface area contributed by atoms with Crippen molar-refractivity contribution >= 4 is 17.6 Å². The summed E-state index contributed by atoms with van der Waals surface area (Å²) in [5, 5.41) is 2.66. The Bertz CT molecular complexity index is 551. The van der Waals surface area contributed by atoms with Crippen LogP contribution in [0.2, 0.25) is 0 Å². The maximum absolute atomic E-state index is 10.6. The maximum Gasteiger partial charge on any atom is 0.169 e. The zero-order chi connectivity index (χ0) is 13.0. The average Bonchev–Trinajstić information content (AvgIpc) is 2.86. The number of carbonyl (C=O) groups is 1. The highest BCUT2D eigenvalue weighted by Crippen LogP contribution is 2.28. The Kier molecular flexibility index (Phi) is 3.94. The van der Waals surface area contributed by atoms with Crippen LogP contribution in [-0.4, -0.2) is 25.5 Å². The number of nitrogens with zero attached hydrogens (tertiary/aromatic N) is 1. The number of thiazole rings is 1. The molecule has 2 rings (SSSR count). The Balaban J connectivity index is 2.21. The zero-order valence-corrected chi connectivity index (χ0v) is 11.0. The molecule has 0 atom stereocenters. The van der Waals surface area contributed by atoms with Crippen LogP contribution in [0.1, 0.15) is 21.1 Å². The Morgan fingerprint density at radius 2 is 2.06 bits per heavy atom. The third kappa shape index (κ3) is 2.68. The Hall–Kier alpha value is -1.88. The van der Waals surface area contributed by atoms with Gasteiger partial charge in [0.05, 0.1) is 19.2 Å². The van der Waals surface area contributed by atoms with Crippen molar-refractivity contribution in [1.82, 2.24) is 4.98 Å². The molecule has 0 amide bonds. The first-order valence-corrected chi connectivity index (χ1v) is 6.25. The van der Waals surface area contributed by atoms with Crippen LogP contribution in [0.4, 0.5) is 0 Å². The van der Waals surface area contributed by atoms with Crippen LogP contribution < -0.4 is 9.47 Å². The van der Waals surface area contributed by atoms with Gasteiger partial charge in [-0.2, -0.15) is 0 Å². The molecule has 0 saturated heterocycles. The largest absolute Gasteiger partial charge is 0.493 e. The molecule has 4 nitrogen and oxygen atoms in total. The van der Waals surface area contributed by atoms with Gasteiger partial charge in [0, 0.05) is 11.8 Å². The van der Waals surface area contributed by atoms with Crippen molar-refractivity contribution in [3.8, 4) is 11.5 Å². The van der Waals surface area contributed by atoms with E-state index in [1.807, 2.05) is 18.2 Å². The molecular weight excluding hydrogens is 250 g/mol. The van der Waals surface area contributed by atoms with Crippen LogP contribution in [0.25, 0.3) is 0 Å². The number of hydrogen-bond acceptors (Lipinski definition) is 5. The number of hydrogen-bond donors (Lipinski definition) is 0. The Morgan fingerprint density at radius 3 is 2.67 bits per heavy atom. The number of aromatic nitrogens is 1. The van der Waals surface area contributed by atoms with Crippen molar-refractivity contribution in [3.63, 3.8) is 0 Å². The fourth-order valence-electron chi connectivity index (χ4n) is 1.63. The van der Waals surface area contributed by atoms with Gasteiger partial charge in [-0.1, -0.05) is 6.07 Å². The van der Waals surface area contributed by atoms with Gasteiger partial charge in [0.25, 0.3) is 0 Å². The number of rotatable bonds is 5. The molecule has 0 fully saturated rings. The van der Waals surface area contributed by atoms with Gasteiger partial charge < -0.3 is 9.47 Å². The van der Waals surface area contributed by atoms with Crippen molar-refractivity contribution in [2.75, 3.05) is 14.2 Å². The summed E-state index contributed by atoms with van der Waals surface area (Å²) in [6, 6.07) is 5.74. The summed E-state index contributed by atoms with van der Waals surface area (Å²) < 4.78 is 10.4. The minimum Gasteiger partial charge on any atom is -0.493 e. The minimum atomic E-state index is 0.482. The Morgan fingerprint density at radius 1 is 1.28 bits per heavy atom. The highest BCUT2D eigenvalue weighted by atomic mass is 32.1. The molecule has 0 aliphatic rings. The fourth-order valence-corrected chi connectivity index (χ4v) is 2.40. The van der Waals surface area contributed by atoms with Gasteiger partial charge in [0.15, 0.2) is 17.8 Å². The zero-order valence-electron chi connectivity index (χ0n) is 10.2. The highest BCUT2D eigenvalue weighted by Gasteiger charge is 2.07. The molecule has 0 radical (unpaired) electrons. The molecular formula is C13H13NO3S. The first-order valence-electron chi connectivity index (χ1n) is 5.37. The highest BCUT2D eigenvalue weighted by molar-refractivity contribution is 7.09. The van der Waals surface area contributed by atoms with Gasteiger partial charge in [0.1, 0.15) is 5.69 Å². The second-order valence-corrected chi connectivity index (χ2v) is 4.59. The molecule has 94 valence electrons. The van der Waals surface area contributed by atoms with Crippen molar-refractivity contribution in [2.45, 2.75) is 6.42 Å². The molecule has 1 aromatic carbocycles. The Labute approximate surface area is 109 Å². The third-order valence-electron chi connectivity index (χ3n) is 2.49. The summed E-state index contributed by atoms with van der Waals surface area (Å²) in [6.07, 6.45) is 1.44. The van der Waals surface area contributed by atoms with Crippen LogP contribution in [0, 0.1) is 0 Å². The second kappa shape index (κ2) is 5.64. The van der Waals surface area contributed by atoms with E-state index in [9.17, 15) is 4.79 Å². The molecule has 0 unspecified atom stereocenters. The first-order chi connectivity index (χ1) is 8.76. The van der Waals surface area contributed by atoms with Crippen LogP contribution in [-0.2, 0) is 6.42 Å². The fraction of sp³-hybridized carbons (Fsp3) is 0.231. The van der Waals surface area contributed by atoms with E-state index in [4.69, 9.17) is 9.47 Å². The molecule has 1 aromatic heterocycles. The lowest BCUT2D eigenvalue weighted by Gasteiger charge is -2.08. The predicted octanol–water partition coefficient (Wildman–Crippen LogP) is 2.56. The third-order valence-corrected chi connectivity index (χ3v) is 3.36. The maximum atomic E-state index is 10.6. The van der Waals surface area contributed by atoms with Gasteiger partial charge in [-0.05, 0) is 17.7 Å². The van der Waals surface area contributed by atoms with E-state index in [0.29, 0.717) is 23.6 Å². The summed E-state index contributed by atoms with van der Waals surface area (Å²) in [5.41, 5.74) is 1.55. The molecule has 18 heavy (non-hydrogen) atoms. The van der Waals surface area contributed by atoms with E-state index < -0.39 is 0 Å². The van der Waals surface area contributed by atoms with Gasteiger partial charge in [-0.3, -0.25) is 4.79 Å². The molecule has 1 heterocycles. The van der Waals surface area contributed by atoms with E-state index in [0.717, 1.165) is 16.9 Å². The number of methoxy groups -OCH3 is 2. The molecule has 0 bridgehead atoms. The van der Waals surface area contributed by atoms with E-state index in [-0.39, 0.29) is 0 Å². The molecule has 0 saturated carbocycles. The van der Waals surface area contributed by atoms with E-state index in [2.05, 4.69) is 4.98 Å². The number of benzene rings is 1. The normalized spacial score (nSPS) is 10.1. The molecule has 2 aromatic rings. The van der Waals surface area contributed by atoms with Gasteiger partial charge >= 0.3 is 0 Å². The summed E-state index contributed by atoms with van der Waals surface area (Å²) in [6.45, 7) is 0. The topological polar surface area (TPSA) is 48.4 Å². The van der Waals surface area contributed by atoms with Crippen LogP contribution >= 0.6 is 11.3 Å². The van der Waals surface area contributed by atoms with Gasteiger partial charge in [-0.15, -0.1) is 11.3 Å². The first kappa shape index (κ1) is 12.6. The van der Waals surface area contributed by atoms with E-state index in [1.54, 1.807) is 19.6 Å². The van der Waals surface area contributed by atoms with Crippen molar-refractivity contribution in [3.05, 3.63) is 39.8 Å². The molecule has 0 aliphatic heterocycles. The van der Waals surface area contributed by atoms with Crippen LogP contribution in [0.15, 0.2) is 23.6 Å². The van der Waals surface area contributed by atoms with Crippen LogP contribution in [0.3, 0.4) is 0 Å². The van der Waals surface area contributed by atoms with Crippen molar-refractivity contribution in [2.24, 2.45) is 0 Å². The number of aldehydes is 1. The molecule has 0 aliphatic carbocycles.